The number of ether oxygens (including phenoxy) is 1. The predicted molar refractivity (Wildman–Crippen MR) is 62.4 cm³/mol. The second kappa shape index (κ2) is 7.25. The zero-order chi connectivity index (χ0) is 13.5. The van der Waals surface area contributed by atoms with E-state index in [1.165, 1.54) is 14.2 Å². The summed E-state index contributed by atoms with van der Waals surface area (Å²) in [4.78, 5) is 10.8. The molecule has 0 aliphatic carbocycles. The molecule has 0 aromatic rings. The Kier molecular flexibility index (Phi) is 6.76. The van der Waals surface area contributed by atoms with Crippen molar-refractivity contribution in [3.63, 3.8) is 0 Å². The summed E-state index contributed by atoms with van der Waals surface area (Å²) in [5.41, 5.74) is 0. The van der Waals surface area contributed by atoms with E-state index in [-0.39, 0.29) is 31.1 Å². The number of nitriles is 1. The average molecular weight is 262 g/mol. The molecule has 0 aromatic carbocycles. The Morgan fingerprint density at radius 2 is 2.12 bits per heavy atom. The number of nitrogens with zero attached hydrogens (tertiary/aromatic N) is 2. The van der Waals surface area contributed by atoms with E-state index in [1.807, 2.05) is 6.07 Å². The molecule has 0 aliphatic rings. The minimum absolute atomic E-state index is 0.0807. The minimum Gasteiger partial charge on any atom is -0.469 e. The van der Waals surface area contributed by atoms with Crippen molar-refractivity contribution >= 4 is 16.0 Å². The number of hydrogen-bond acceptors (Lipinski definition) is 5. The third kappa shape index (κ3) is 6.24. The van der Waals surface area contributed by atoms with Crippen LogP contribution < -0.4 is 0 Å². The standard InChI is InChI=1S/C10H18N2O4S/c1-9(7-11)8-12(2)17(14,15)6-4-5-10(13)16-3/h9H,4-6,8H2,1-3H3. The number of carbonyl (C=O) groups is 1. The van der Waals surface area contributed by atoms with Gasteiger partial charge in [-0.25, -0.2) is 12.7 Å². The maximum Gasteiger partial charge on any atom is 0.305 e. The Morgan fingerprint density at radius 3 is 2.59 bits per heavy atom. The molecule has 0 saturated heterocycles. The van der Waals surface area contributed by atoms with Crippen molar-refractivity contribution in [1.82, 2.24) is 4.31 Å². The zero-order valence-corrected chi connectivity index (χ0v) is 11.2. The largest absolute Gasteiger partial charge is 0.469 e. The van der Waals surface area contributed by atoms with E-state index in [0.29, 0.717) is 0 Å². The third-order valence-electron chi connectivity index (χ3n) is 2.24. The van der Waals surface area contributed by atoms with Crippen molar-refractivity contribution in [2.45, 2.75) is 19.8 Å². The molecule has 0 fully saturated rings. The molecule has 0 aliphatic heterocycles. The molecule has 0 radical (unpaired) electrons. The van der Waals surface area contributed by atoms with Gasteiger partial charge in [0.15, 0.2) is 0 Å². The zero-order valence-electron chi connectivity index (χ0n) is 10.3. The lowest BCUT2D eigenvalue weighted by atomic mass is 10.2. The Labute approximate surface area is 102 Å². The van der Waals surface area contributed by atoms with Gasteiger partial charge in [-0.05, 0) is 13.3 Å². The molecular weight excluding hydrogens is 244 g/mol. The molecule has 0 saturated carbocycles. The highest BCUT2D eigenvalue weighted by atomic mass is 32.2. The summed E-state index contributed by atoms with van der Waals surface area (Å²) in [5.74, 6) is -0.889. The molecule has 6 nitrogen and oxygen atoms in total. The van der Waals surface area contributed by atoms with E-state index in [1.54, 1.807) is 6.92 Å². The highest BCUT2D eigenvalue weighted by Gasteiger charge is 2.19. The lowest BCUT2D eigenvalue weighted by Crippen LogP contribution is -2.32. The summed E-state index contributed by atoms with van der Waals surface area (Å²) < 4.78 is 29.0. The third-order valence-corrected chi connectivity index (χ3v) is 4.14. The van der Waals surface area contributed by atoms with Crippen molar-refractivity contribution in [1.29, 1.82) is 5.26 Å². The Morgan fingerprint density at radius 1 is 1.53 bits per heavy atom. The molecular formula is C10H18N2O4S. The summed E-state index contributed by atoms with van der Waals surface area (Å²) >= 11 is 0. The van der Waals surface area contributed by atoms with Gasteiger partial charge in [-0.15, -0.1) is 0 Å². The van der Waals surface area contributed by atoms with E-state index in [4.69, 9.17) is 5.26 Å². The second-order valence-corrected chi connectivity index (χ2v) is 6.00. The monoisotopic (exact) mass is 262 g/mol. The lowest BCUT2D eigenvalue weighted by Gasteiger charge is -2.17. The van der Waals surface area contributed by atoms with Crippen molar-refractivity contribution < 1.29 is 17.9 Å². The van der Waals surface area contributed by atoms with Crippen LogP contribution in [0.2, 0.25) is 0 Å². The van der Waals surface area contributed by atoms with Crippen LogP contribution in [0.5, 0.6) is 0 Å². The average Bonchev–Trinajstić information content (AvgIpc) is 2.28. The number of sulfonamides is 1. The van der Waals surface area contributed by atoms with Gasteiger partial charge in [-0.1, -0.05) is 0 Å². The first kappa shape index (κ1) is 15.9. The van der Waals surface area contributed by atoms with E-state index < -0.39 is 16.0 Å². The van der Waals surface area contributed by atoms with Crippen LogP contribution >= 0.6 is 0 Å². The van der Waals surface area contributed by atoms with Crippen LogP contribution in [-0.4, -0.2) is 45.1 Å². The highest BCUT2D eigenvalue weighted by Crippen LogP contribution is 2.06. The van der Waals surface area contributed by atoms with Gasteiger partial charge < -0.3 is 4.74 Å². The van der Waals surface area contributed by atoms with Crippen LogP contribution in [0.1, 0.15) is 19.8 Å². The maximum absolute atomic E-state index is 11.7. The number of esters is 1. The first-order chi connectivity index (χ1) is 7.83. The molecule has 0 bridgehead atoms. The molecule has 1 atom stereocenters. The molecule has 0 rings (SSSR count). The van der Waals surface area contributed by atoms with Gasteiger partial charge in [0, 0.05) is 20.0 Å². The van der Waals surface area contributed by atoms with Gasteiger partial charge in [-0.2, -0.15) is 5.26 Å². The summed E-state index contributed by atoms with van der Waals surface area (Å²) in [5, 5.41) is 8.60. The summed E-state index contributed by atoms with van der Waals surface area (Å²) in [6, 6.07) is 1.97. The van der Waals surface area contributed by atoms with Crippen LogP contribution in [0.25, 0.3) is 0 Å². The fourth-order valence-electron chi connectivity index (χ4n) is 1.20. The number of methoxy groups -OCH3 is 1. The molecule has 0 aromatic heterocycles. The van der Waals surface area contributed by atoms with Crippen LogP contribution in [0, 0.1) is 17.2 Å². The fourth-order valence-corrected chi connectivity index (χ4v) is 2.47. The molecule has 1 unspecified atom stereocenters. The Balaban J connectivity index is 4.20. The molecule has 0 amide bonds. The number of hydrogen-bond donors (Lipinski definition) is 0. The van der Waals surface area contributed by atoms with Crippen molar-refractivity contribution in [2.24, 2.45) is 5.92 Å². The van der Waals surface area contributed by atoms with Gasteiger partial charge in [0.2, 0.25) is 10.0 Å². The van der Waals surface area contributed by atoms with Crippen LogP contribution in [0.15, 0.2) is 0 Å². The van der Waals surface area contributed by atoms with Gasteiger partial charge in [-0.3, -0.25) is 4.79 Å². The quantitative estimate of drug-likeness (QED) is 0.618. The van der Waals surface area contributed by atoms with Crippen LogP contribution in [-0.2, 0) is 19.6 Å². The van der Waals surface area contributed by atoms with E-state index in [9.17, 15) is 13.2 Å². The molecule has 17 heavy (non-hydrogen) atoms. The van der Waals surface area contributed by atoms with Gasteiger partial charge in [0.25, 0.3) is 0 Å². The summed E-state index contributed by atoms with van der Waals surface area (Å²) in [7, 11) is -0.702. The van der Waals surface area contributed by atoms with Crippen molar-refractivity contribution in [3.8, 4) is 6.07 Å². The summed E-state index contributed by atoms with van der Waals surface area (Å²) in [6.07, 6.45) is 0.303. The van der Waals surface area contributed by atoms with E-state index in [2.05, 4.69) is 4.74 Å². The number of carbonyl (C=O) groups excluding carboxylic acids is 1. The topological polar surface area (TPSA) is 87.5 Å². The maximum atomic E-state index is 11.7. The van der Waals surface area contributed by atoms with Gasteiger partial charge in [0.1, 0.15) is 0 Å². The molecule has 0 spiro atoms. The smallest absolute Gasteiger partial charge is 0.305 e. The first-order valence-electron chi connectivity index (χ1n) is 5.24. The van der Waals surface area contributed by atoms with E-state index >= 15 is 0 Å². The first-order valence-corrected chi connectivity index (χ1v) is 6.85. The molecule has 7 heteroatoms. The fraction of sp³-hybridized carbons (Fsp3) is 0.800. The molecule has 0 N–H and O–H groups in total. The number of rotatable bonds is 7. The molecule has 98 valence electrons. The predicted octanol–water partition coefficient (Wildman–Crippen LogP) is 0.361. The van der Waals surface area contributed by atoms with Gasteiger partial charge >= 0.3 is 5.97 Å². The highest BCUT2D eigenvalue weighted by molar-refractivity contribution is 7.89. The van der Waals surface area contributed by atoms with Gasteiger partial charge in [0.05, 0.1) is 24.8 Å². The second-order valence-electron chi connectivity index (χ2n) is 3.81. The van der Waals surface area contributed by atoms with Crippen LogP contribution in [0.3, 0.4) is 0 Å². The van der Waals surface area contributed by atoms with Crippen molar-refractivity contribution in [2.75, 3.05) is 26.5 Å². The van der Waals surface area contributed by atoms with Crippen molar-refractivity contribution in [3.05, 3.63) is 0 Å². The van der Waals surface area contributed by atoms with Crippen LogP contribution in [0.4, 0.5) is 0 Å². The summed E-state index contributed by atoms with van der Waals surface area (Å²) in [6.45, 7) is 1.82. The lowest BCUT2D eigenvalue weighted by molar-refractivity contribution is -0.140. The SMILES string of the molecule is COC(=O)CCCS(=O)(=O)N(C)CC(C)C#N. The normalized spacial score (nSPS) is 13.1. The Hall–Kier alpha value is -1.13. The minimum atomic E-state index is -3.39. The Bertz CT molecular complexity index is 386. The van der Waals surface area contributed by atoms with E-state index in [0.717, 1.165) is 4.31 Å². The molecule has 0 heterocycles.